The number of carbonyl (C=O) groups excluding carboxylic acids is 1. The average molecular weight is 286 g/mol. The van der Waals surface area contributed by atoms with Crippen molar-refractivity contribution in [3.63, 3.8) is 0 Å². The first-order valence-electron chi connectivity index (χ1n) is 6.90. The Bertz CT molecular complexity index is 356. The maximum absolute atomic E-state index is 12.8. The molecule has 1 aliphatic heterocycles. The van der Waals surface area contributed by atoms with Gasteiger partial charge in [0.25, 0.3) is 0 Å². The van der Waals surface area contributed by atoms with Crippen LogP contribution in [-0.2, 0) is 9.59 Å². The second kappa shape index (κ2) is 6.13. The van der Waals surface area contributed by atoms with E-state index in [9.17, 15) is 9.59 Å². The van der Waals surface area contributed by atoms with Gasteiger partial charge in [-0.25, -0.2) is 0 Å². The number of amides is 1. The molecule has 19 heavy (non-hydrogen) atoms. The van der Waals surface area contributed by atoms with Crippen molar-refractivity contribution in [1.29, 1.82) is 0 Å². The molecule has 1 saturated heterocycles. The topological polar surface area (TPSA) is 83.6 Å². The van der Waals surface area contributed by atoms with Gasteiger partial charge in [-0.3, -0.25) is 9.59 Å². The van der Waals surface area contributed by atoms with Crippen molar-refractivity contribution in [2.45, 2.75) is 38.1 Å². The van der Waals surface area contributed by atoms with Gasteiger partial charge in [0.2, 0.25) is 5.91 Å². The van der Waals surface area contributed by atoms with Crippen molar-refractivity contribution < 1.29 is 14.7 Å². The number of carbonyl (C=O) groups is 2. The lowest BCUT2D eigenvalue weighted by Gasteiger charge is -2.40. The number of hydrogen-bond acceptors (Lipinski definition) is 4. The highest BCUT2D eigenvalue weighted by Crippen LogP contribution is 2.40. The summed E-state index contributed by atoms with van der Waals surface area (Å²) in [5.41, 5.74) is 5.44. The van der Waals surface area contributed by atoms with E-state index in [-0.39, 0.29) is 18.4 Å². The lowest BCUT2D eigenvalue weighted by atomic mass is 9.84. The molecule has 0 bridgehead atoms. The van der Waals surface area contributed by atoms with Gasteiger partial charge >= 0.3 is 5.97 Å². The molecule has 0 aromatic rings. The highest BCUT2D eigenvalue weighted by molar-refractivity contribution is 7.99. The van der Waals surface area contributed by atoms with E-state index < -0.39 is 11.4 Å². The summed E-state index contributed by atoms with van der Waals surface area (Å²) in [4.78, 5) is 25.5. The Labute approximate surface area is 117 Å². The minimum absolute atomic E-state index is 0.0411. The van der Waals surface area contributed by atoms with Gasteiger partial charge in [-0.2, -0.15) is 11.8 Å². The molecule has 0 aromatic carbocycles. The zero-order chi connectivity index (χ0) is 13.9. The number of carboxylic acid groups (broad SMARTS) is 1. The highest BCUT2D eigenvalue weighted by atomic mass is 32.2. The van der Waals surface area contributed by atoms with Crippen molar-refractivity contribution in [3.05, 3.63) is 0 Å². The molecule has 1 aliphatic carbocycles. The molecule has 1 heterocycles. The predicted molar refractivity (Wildman–Crippen MR) is 75.0 cm³/mol. The van der Waals surface area contributed by atoms with Crippen LogP contribution in [0.15, 0.2) is 0 Å². The molecule has 1 atom stereocenters. The summed E-state index contributed by atoms with van der Waals surface area (Å²) in [6, 6.07) is -0.173. The summed E-state index contributed by atoms with van der Waals surface area (Å²) in [7, 11) is 0. The SMILES string of the molecule is NCC1(C(=O)N2CCSCC2CC(=O)O)CCCC1. The van der Waals surface area contributed by atoms with E-state index in [0.717, 1.165) is 37.2 Å². The average Bonchev–Trinajstić information content (AvgIpc) is 2.88. The van der Waals surface area contributed by atoms with Crippen LogP contribution in [0.5, 0.6) is 0 Å². The number of thioether (sulfide) groups is 1. The fourth-order valence-corrected chi connectivity index (χ4v) is 4.22. The zero-order valence-corrected chi connectivity index (χ0v) is 12.0. The Balaban J connectivity index is 2.12. The number of hydrogen-bond donors (Lipinski definition) is 2. The van der Waals surface area contributed by atoms with Crippen LogP contribution in [0.25, 0.3) is 0 Å². The van der Waals surface area contributed by atoms with E-state index in [2.05, 4.69) is 0 Å². The van der Waals surface area contributed by atoms with Crippen molar-refractivity contribution in [1.82, 2.24) is 4.90 Å². The minimum Gasteiger partial charge on any atom is -0.481 e. The van der Waals surface area contributed by atoms with E-state index in [1.807, 2.05) is 0 Å². The summed E-state index contributed by atoms with van der Waals surface area (Å²) in [5, 5.41) is 8.98. The normalized spacial score (nSPS) is 26.4. The molecule has 3 N–H and O–H groups in total. The summed E-state index contributed by atoms with van der Waals surface area (Å²) in [6.45, 7) is 1.04. The lowest BCUT2D eigenvalue weighted by Crippen LogP contribution is -2.54. The Morgan fingerprint density at radius 3 is 2.63 bits per heavy atom. The van der Waals surface area contributed by atoms with Crippen LogP contribution in [0.3, 0.4) is 0 Å². The van der Waals surface area contributed by atoms with Crippen LogP contribution >= 0.6 is 11.8 Å². The molecule has 6 heteroatoms. The molecule has 0 spiro atoms. The molecule has 1 amide bonds. The zero-order valence-electron chi connectivity index (χ0n) is 11.1. The first kappa shape index (κ1) is 14.7. The third-order valence-electron chi connectivity index (χ3n) is 4.30. The Morgan fingerprint density at radius 1 is 1.37 bits per heavy atom. The Morgan fingerprint density at radius 2 is 2.05 bits per heavy atom. The molecule has 1 unspecified atom stereocenters. The van der Waals surface area contributed by atoms with Crippen LogP contribution in [0.2, 0.25) is 0 Å². The molecule has 108 valence electrons. The number of nitrogens with zero attached hydrogens (tertiary/aromatic N) is 1. The third kappa shape index (κ3) is 3.05. The summed E-state index contributed by atoms with van der Waals surface area (Å²) in [6.07, 6.45) is 3.85. The maximum Gasteiger partial charge on any atom is 0.305 e. The van der Waals surface area contributed by atoms with E-state index in [1.54, 1.807) is 16.7 Å². The standard InChI is InChI=1S/C13H22N2O3S/c14-9-13(3-1-2-4-13)12(18)15-5-6-19-8-10(15)7-11(16)17/h10H,1-9,14H2,(H,16,17). The summed E-state index contributed by atoms with van der Waals surface area (Å²) < 4.78 is 0. The van der Waals surface area contributed by atoms with Crippen molar-refractivity contribution >= 4 is 23.6 Å². The number of carboxylic acids is 1. The fourth-order valence-electron chi connectivity index (χ4n) is 3.15. The number of nitrogens with two attached hydrogens (primary N) is 1. The molecule has 0 radical (unpaired) electrons. The second-order valence-electron chi connectivity index (χ2n) is 5.52. The van der Waals surface area contributed by atoms with Gasteiger partial charge in [0.05, 0.1) is 17.9 Å². The van der Waals surface area contributed by atoms with Gasteiger partial charge in [0.1, 0.15) is 0 Å². The van der Waals surface area contributed by atoms with E-state index >= 15 is 0 Å². The van der Waals surface area contributed by atoms with Gasteiger partial charge in [-0.15, -0.1) is 0 Å². The van der Waals surface area contributed by atoms with E-state index in [4.69, 9.17) is 10.8 Å². The van der Waals surface area contributed by atoms with Gasteiger partial charge in [0.15, 0.2) is 0 Å². The van der Waals surface area contributed by atoms with Crippen LogP contribution < -0.4 is 5.73 Å². The van der Waals surface area contributed by atoms with Gasteiger partial charge < -0.3 is 15.7 Å². The molecule has 2 rings (SSSR count). The third-order valence-corrected chi connectivity index (χ3v) is 5.40. The fraction of sp³-hybridized carbons (Fsp3) is 0.846. The second-order valence-corrected chi connectivity index (χ2v) is 6.67. The Hall–Kier alpha value is -0.750. The molecular weight excluding hydrogens is 264 g/mol. The van der Waals surface area contributed by atoms with Crippen molar-refractivity contribution in [2.24, 2.45) is 11.1 Å². The van der Waals surface area contributed by atoms with Crippen molar-refractivity contribution in [2.75, 3.05) is 24.6 Å². The highest BCUT2D eigenvalue weighted by Gasteiger charge is 2.44. The van der Waals surface area contributed by atoms with Gasteiger partial charge in [-0.05, 0) is 12.8 Å². The van der Waals surface area contributed by atoms with E-state index in [0.29, 0.717) is 13.1 Å². The first-order valence-corrected chi connectivity index (χ1v) is 8.05. The van der Waals surface area contributed by atoms with Crippen LogP contribution in [0.1, 0.15) is 32.1 Å². The van der Waals surface area contributed by atoms with Crippen molar-refractivity contribution in [3.8, 4) is 0 Å². The molecule has 0 aromatic heterocycles. The van der Waals surface area contributed by atoms with Crippen LogP contribution in [0.4, 0.5) is 0 Å². The number of rotatable bonds is 4. The molecule has 2 fully saturated rings. The van der Waals surface area contributed by atoms with Gasteiger partial charge in [-0.1, -0.05) is 12.8 Å². The summed E-state index contributed by atoms with van der Waals surface area (Å²) >= 11 is 1.73. The predicted octanol–water partition coefficient (Wildman–Crippen LogP) is 0.924. The molecule has 5 nitrogen and oxygen atoms in total. The Kier molecular flexibility index (Phi) is 4.73. The van der Waals surface area contributed by atoms with Gasteiger partial charge in [0, 0.05) is 24.6 Å². The molecular formula is C13H22N2O3S. The lowest BCUT2D eigenvalue weighted by molar-refractivity contribution is -0.146. The quantitative estimate of drug-likeness (QED) is 0.803. The number of aliphatic carboxylic acids is 1. The molecule has 2 aliphatic rings. The van der Waals surface area contributed by atoms with Crippen LogP contribution in [-0.4, -0.2) is 52.5 Å². The first-order chi connectivity index (χ1) is 9.09. The summed E-state index contributed by atoms with van der Waals surface area (Å²) in [5.74, 6) is 0.874. The maximum atomic E-state index is 12.8. The monoisotopic (exact) mass is 286 g/mol. The largest absolute Gasteiger partial charge is 0.481 e. The van der Waals surface area contributed by atoms with Crippen LogP contribution in [0, 0.1) is 5.41 Å². The molecule has 1 saturated carbocycles. The minimum atomic E-state index is -0.835. The van der Waals surface area contributed by atoms with E-state index in [1.165, 1.54) is 0 Å². The smallest absolute Gasteiger partial charge is 0.305 e.